The highest BCUT2D eigenvalue weighted by molar-refractivity contribution is 7.22. The second kappa shape index (κ2) is 8.35. The number of thiazole rings is 1. The molecule has 4 nitrogen and oxygen atoms in total. The van der Waals surface area contributed by atoms with Gasteiger partial charge in [-0.3, -0.25) is 5.43 Å². The van der Waals surface area contributed by atoms with E-state index in [1.807, 2.05) is 60.8 Å². The average Bonchev–Trinajstić information content (AvgIpc) is 3.22. The summed E-state index contributed by atoms with van der Waals surface area (Å²) in [5, 5.41) is 7.47. The maximum atomic E-state index is 6.15. The Balaban J connectivity index is 1.43. The van der Waals surface area contributed by atoms with E-state index in [1.165, 1.54) is 0 Å². The Kier molecular flexibility index (Phi) is 5.10. The van der Waals surface area contributed by atoms with Crippen molar-refractivity contribution in [2.75, 3.05) is 5.43 Å². The fourth-order valence-corrected chi connectivity index (χ4v) is 4.16. The number of anilines is 1. The van der Waals surface area contributed by atoms with E-state index in [4.69, 9.17) is 4.74 Å². The van der Waals surface area contributed by atoms with Crippen LogP contribution in [0.2, 0.25) is 0 Å². The third kappa shape index (κ3) is 3.88. The van der Waals surface area contributed by atoms with E-state index in [0.717, 1.165) is 43.0 Å². The molecule has 30 heavy (non-hydrogen) atoms. The highest BCUT2D eigenvalue weighted by atomic mass is 32.1. The molecule has 1 N–H and O–H groups in total. The van der Waals surface area contributed by atoms with Gasteiger partial charge in [0, 0.05) is 5.56 Å². The Labute approximate surface area is 178 Å². The van der Waals surface area contributed by atoms with Gasteiger partial charge in [0.05, 0.1) is 16.4 Å². The maximum absolute atomic E-state index is 6.15. The van der Waals surface area contributed by atoms with Gasteiger partial charge in [0.15, 0.2) is 0 Å². The molecule has 0 fully saturated rings. The third-order valence-electron chi connectivity index (χ3n) is 4.82. The summed E-state index contributed by atoms with van der Waals surface area (Å²) in [5.74, 6) is 0.799. The van der Waals surface area contributed by atoms with Crippen LogP contribution in [0.3, 0.4) is 0 Å². The first-order chi connectivity index (χ1) is 14.9. The van der Waals surface area contributed by atoms with Crippen molar-refractivity contribution >= 4 is 43.7 Å². The Morgan fingerprint density at radius 3 is 2.57 bits per heavy atom. The Morgan fingerprint density at radius 1 is 0.867 bits per heavy atom. The van der Waals surface area contributed by atoms with Crippen molar-refractivity contribution < 1.29 is 4.74 Å². The zero-order valence-corrected chi connectivity index (χ0v) is 17.0. The van der Waals surface area contributed by atoms with Crippen molar-refractivity contribution in [1.82, 2.24) is 4.98 Å². The number of hydrogen-bond acceptors (Lipinski definition) is 5. The quantitative estimate of drug-likeness (QED) is 0.258. The van der Waals surface area contributed by atoms with Gasteiger partial charge in [0.1, 0.15) is 12.4 Å². The minimum Gasteiger partial charge on any atom is -0.488 e. The molecule has 0 aliphatic rings. The van der Waals surface area contributed by atoms with E-state index >= 15 is 0 Å². The number of benzene rings is 4. The number of nitrogens with one attached hydrogen (secondary N) is 1. The molecule has 0 saturated carbocycles. The van der Waals surface area contributed by atoms with Gasteiger partial charge in [-0.25, -0.2) is 4.98 Å². The first kappa shape index (κ1) is 18.3. The second-order valence-electron chi connectivity index (χ2n) is 6.83. The number of para-hydroxylation sites is 1. The number of hydrazone groups is 1. The first-order valence-corrected chi connectivity index (χ1v) is 10.5. The molecule has 0 radical (unpaired) electrons. The lowest BCUT2D eigenvalue weighted by molar-refractivity contribution is 0.306. The molecule has 4 aromatic carbocycles. The van der Waals surface area contributed by atoms with Gasteiger partial charge in [0.2, 0.25) is 5.13 Å². The molecule has 5 heteroatoms. The zero-order chi connectivity index (χ0) is 20.2. The summed E-state index contributed by atoms with van der Waals surface area (Å²) in [7, 11) is 0. The van der Waals surface area contributed by atoms with Crippen LogP contribution in [0.1, 0.15) is 11.1 Å². The average molecular weight is 410 g/mol. The van der Waals surface area contributed by atoms with Crippen molar-refractivity contribution in [3.05, 3.63) is 102 Å². The van der Waals surface area contributed by atoms with Crippen LogP contribution in [0.15, 0.2) is 96.1 Å². The number of ether oxygens (including phenoxy) is 1. The topological polar surface area (TPSA) is 46.5 Å². The van der Waals surface area contributed by atoms with E-state index in [9.17, 15) is 0 Å². The molecule has 1 aromatic heterocycles. The van der Waals surface area contributed by atoms with Crippen molar-refractivity contribution in [3.8, 4) is 5.75 Å². The van der Waals surface area contributed by atoms with Gasteiger partial charge in [-0.1, -0.05) is 84.1 Å². The van der Waals surface area contributed by atoms with Gasteiger partial charge >= 0.3 is 0 Å². The standard InChI is InChI=1S/C25H19N3OS/c1-2-8-18(9-3-1)17-29-23-15-14-19-10-4-5-11-20(19)21(23)16-26-28-25-27-22-12-6-7-13-24(22)30-25/h1-16H,17H2,(H,27,28). The second-order valence-corrected chi connectivity index (χ2v) is 7.86. The summed E-state index contributed by atoms with van der Waals surface area (Å²) in [4.78, 5) is 4.57. The van der Waals surface area contributed by atoms with Crippen molar-refractivity contribution in [1.29, 1.82) is 0 Å². The molecule has 5 rings (SSSR count). The number of fused-ring (bicyclic) bond motifs is 2. The van der Waals surface area contributed by atoms with Crippen LogP contribution in [0.4, 0.5) is 5.13 Å². The van der Waals surface area contributed by atoms with E-state index < -0.39 is 0 Å². The fourth-order valence-electron chi connectivity index (χ4n) is 3.34. The molecule has 0 bridgehead atoms. The van der Waals surface area contributed by atoms with Crippen LogP contribution in [-0.2, 0) is 6.61 Å². The van der Waals surface area contributed by atoms with E-state index in [0.29, 0.717) is 6.61 Å². The summed E-state index contributed by atoms with van der Waals surface area (Å²) in [6.07, 6.45) is 1.81. The van der Waals surface area contributed by atoms with Gasteiger partial charge in [-0.05, 0) is 34.5 Å². The molecule has 1 heterocycles. The number of aromatic nitrogens is 1. The minimum absolute atomic E-state index is 0.505. The van der Waals surface area contributed by atoms with Crippen LogP contribution in [0.25, 0.3) is 21.0 Å². The van der Waals surface area contributed by atoms with Gasteiger partial charge in [0.25, 0.3) is 0 Å². The van der Waals surface area contributed by atoms with Crippen LogP contribution < -0.4 is 10.2 Å². The molecular formula is C25H19N3OS. The Morgan fingerprint density at radius 2 is 1.67 bits per heavy atom. The number of hydrogen-bond donors (Lipinski definition) is 1. The van der Waals surface area contributed by atoms with Crippen molar-refractivity contribution in [2.24, 2.45) is 5.10 Å². The fraction of sp³-hybridized carbons (Fsp3) is 0.0400. The summed E-state index contributed by atoms with van der Waals surface area (Å²) in [6.45, 7) is 0.505. The molecule has 5 aromatic rings. The van der Waals surface area contributed by atoms with Gasteiger partial charge < -0.3 is 4.74 Å². The van der Waals surface area contributed by atoms with E-state index in [2.05, 4.69) is 51.9 Å². The van der Waals surface area contributed by atoms with Crippen molar-refractivity contribution in [2.45, 2.75) is 6.61 Å². The lowest BCUT2D eigenvalue weighted by Gasteiger charge is -2.12. The Hall–Kier alpha value is -3.70. The highest BCUT2D eigenvalue weighted by Crippen LogP contribution is 2.28. The van der Waals surface area contributed by atoms with Crippen molar-refractivity contribution in [3.63, 3.8) is 0 Å². The SMILES string of the molecule is C(=NNc1nc2ccccc2s1)c1c(OCc2ccccc2)ccc2ccccc12. The summed E-state index contributed by atoms with van der Waals surface area (Å²) >= 11 is 1.58. The van der Waals surface area contributed by atoms with Crippen LogP contribution in [-0.4, -0.2) is 11.2 Å². The van der Waals surface area contributed by atoms with E-state index in [1.54, 1.807) is 11.3 Å². The maximum Gasteiger partial charge on any atom is 0.204 e. The lowest BCUT2D eigenvalue weighted by Crippen LogP contribution is -2.00. The summed E-state index contributed by atoms with van der Waals surface area (Å²) in [5.41, 5.74) is 6.11. The first-order valence-electron chi connectivity index (χ1n) is 9.70. The molecule has 0 saturated heterocycles. The summed E-state index contributed by atoms with van der Waals surface area (Å²) < 4.78 is 7.28. The predicted molar refractivity (Wildman–Crippen MR) is 126 cm³/mol. The normalized spacial score (nSPS) is 11.3. The highest BCUT2D eigenvalue weighted by Gasteiger charge is 2.08. The van der Waals surface area contributed by atoms with E-state index in [-0.39, 0.29) is 0 Å². The van der Waals surface area contributed by atoms with Gasteiger partial charge in [-0.15, -0.1) is 0 Å². The summed E-state index contributed by atoms with van der Waals surface area (Å²) in [6, 6.07) is 30.5. The zero-order valence-electron chi connectivity index (χ0n) is 16.2. The molecule has 0 amide bonds. The largest absolute Gasteiger partial charge is 0.488 e. The Bertz CT molecular complexity index is 1300. The number of nitrogens with zero attached hydrogens (tertiary/aromatic N) is 2. The van der Waals surface area contributed by atoms with Crippen LogP contribution in [0.5, 0.6) is 5.75 Å². The molecule has 0 spiro atoms. The molecule has 0 unspecified atom stereocenters. The monoisotopic (exact) mass is 409 g/mol. The smallest absolute Gasteiger partial charge is 0.204 e. The van der Waals surface area contributed by atoms with Crippen LogP contribution >= 0.6 is 11.3 Å². The predicted octanol–water partition coefficient (Wildman–Crippen LogP) is 6.47. The minimum atomic E-state index is 0.505. The number of rotatable bonds is 6. The molecule has 0 aliphatic heterocycles. The molecule has 0 aliphatic carbocycles. The van der Waals surface area contributed by atoms with Gasteiger partial charge in [-0.2, -0.15) is 5.10 Å². The molecule has 0 atom stereocenters. The van der Waals surface area contributed by atoms with Crippen LogP contribution in [0, 0.1) is 0 Å². The lowest BCUT2D eigenvalue weighted by atomic mass is 10.0. The molecular weight excluding hydrogens is 390 g/mol. The molecule has 146 valence electrons. The third-order valence-corrected chi connectivity index (χ3v) is 5.76.